The smallest absolute Gasteiger partial charge is 0.296 e. The summed E-state index contributed by atoms with van der Waals surface area (Å²) in [4.78, 5) is 37.4. The minimum absolute atomic E-state index is 0.455. The van der Waals surface area contributed by atoms with Gasteiger partial charge in [0.2, 0.25) is 0 Å². The van der Waals surface area contributed by atoms with Crippen molar-refractivity contribution in [1.82, 2.24) is 14.8 Å². The van der Waals surface area contributed by atoms with Crippen LogP contribution in [0.15, 0.2) is 42.5 Å². The van der Waals surface area contributed by atoms with Crippen molar-refractivity contribution in [2.45, 2.75) is 38.6 Å². The van der Waals surface area contributed by atoms with Crippen molar-refractivity contribution < 1.29 is 9.59 Å². The average molecular weight is 545 g/mol. The summed E-state index contributed by atoms with van der Waals surface area (Å²) in [5.74, 6) is -1.01. The number of piperazine rings is 1. The van der Waals surface area contributed by atoms with Gasteiger partial charge in [0.05, 0.1) is 16.9 Å². The quantitative estimate of drug-likeness (QED) is 0.415. The number of amides is 1. The predicted octanol–water partition coefficient (Wildman–Crippen LogP) is 3.92. The maximum Gasteiger partial charge on any atom is 0.296 e. The van der Waals surface area contributed by atoms with E-state index in [1.807, 2.05) is 18.2 Å². The van der Waals surface area contributed by atoms with E-state index in [9.17, 15) is 9.59 Å². The van der Waals surface area contributed by atoms with E-state index < -0.39 is 11.7 Å². The monoisotopic (exact) mass is 544 g/mol. The summed E-state index contributed by atoms with van der Waals surface area (Å²) in [6.45, 7) is 9.80. The van der Waals surface area contributed by atoms with Gasteiger partial charge in [-0.15, -0.1) is 11.3 Å². The van der Waals surface area contributed by atoms with E-state index in [1.54, 1.807) is 11.3 Å². The summed E-state index contributed by atoms with van der Waals surface area (Å²) in [6.07, 6.45) is 4.49. The van der Waals surface area contributed by atoms with Gasteiger partial charge in [0.25, 0.3) is 11.7 Å². The van der Waals surface area contributed by atoms with Gasteiger partial charge in [0, 0.05) is 55.9 Å². The molecule has 1 saturated heterocycles. The van der Waals surface area contributed by atoms with E-state index in [-0.39, 0.29) is 0 Å². The van der Waals surface area contributed by atoms with E-state index in [1.165, 1.54) is 29.1 Å². The van der Waals surface area contributed by atoms with Crippen molar-refractivity contribution in [3.8, 4) is 11.1 Å². The second-order valence-corrected chi connectivity index (χ2v) is 11.9. The maximum atomic E-state index is 12.1. The highest BCUT2D eigenvalue weighted by molar-refractivity contribution is 7.15. The Kier molecular flexibility index (Phi) is 7.38. The Hall–Kier alpha value is -3.27. The minimum Gasteiger partial charge on any atom is -0.375 e. The summed E-state index contributed by atoms with van der Waals surface area (Å²) in [5, 5.41) is 3.33. The molecule has 1 aliphatic carbocycles. The molecule has 3 aliphatic rings. The highest BCUT2D eigenvalue weighted by Crippen LogP contribution is 2.32. The molecule has 2 aliphatic heterocycles. The molecule has 1 atom stereocenters. The maximum absolute atomic E-state index is 12.1. The second kappa shape index (κ2) is 11.1. The van der Waals surface area contributed by atoms with E-state index in [4.69, 9.17) is 5.73 Å². The summed E-state index contributed by atoms with van der Waals surface area (Å²) in [5.41, 5.74) is 11.5. The topological polar surface area (TPSA) is 94.8 Å². The number of fused-ring (bicyclic) bond motifs is 2. The Morgan fingerprint density at radius 2 is 1.82 bits per heavy atom. The van der Waals surface area contributed by atoms with Gasteiger partial charge in [-0.2, -0.15) is 0 Å². The molecule has 6 rings (SSSR count). The molecule has 3 aromatic rings. The van der Waals surface area contributed by atoms with Gasteiger partial charge < -0.3 is 16.0 Å². The molecule has 1 amide bonds. The number of aromatic nitrogens is 1. The van der Waals surface area contributed by atoms with Crippen LogP contribution in [-0.4, -0.2) is 78.3 Å². The Labute approximate surface area is 233 Å². The van der Waals surface area contributed by atoms with E-state index in [0.717, 1.165) is 69.8 Å². The number of carbonyl (C=O) groups is 2. The SMILES string of the molecule is CCCN(CCN1CCN(c2ccc(-c3ccc4c(c3)C(=O)C(=O)N4)cc2)CC1)[C@H]1CCc2nc(N)sc2C1. The van der Waals surface area contributed by atoms with E-state index in [2.05, 4.69) is 56.2 Å². The van der Waals surface area contributed by atoms with Crippen LogP contribution in [0.25, 0.3) is 11.1 Å². The third-order valence-electron chi connectivity index (χ3n) is 8.32. The number of hydrogen-bond donors (Lipinski definition) is 2. The molecular weight excluding hydrogens is 508 g/mol. The number of nitrogens with zero attached hydrogens (tertiary/aromatic N) is 4. The van der Waals surface area contributed by atoms with Gasteiger partial charge >= 0.3 is 0 Å². The Morgan fingerprint density at radius 3 is 2.59 bits per heavy atom. The molecule has 0 bridgehead atoms. The lowest BCUT2D eigenvalue weighted by Crippen LogP contribution is -2.50. The molecule has 8 nitrogen and oxygen atoms in total. The number of nitrogens with one attached hydrogen (secondary N) is 1. The van der Waals surface area contributed by atoms with Crippen molar-refractivity contribution in [3.63, 3.8) is 0 Å². The molecule has 0 saturated carbocycles. The largest absolute Gasteiger partial charge is 0.375 e. The summed E-state index contributed by atoms with van der Waals surface area (Å²) < 4.78 is 0. The lowest BCUT2D eigenvalue weighted by atomic mass is 9.96. The second-order valence-electron chi connectivity index (χ2n) is 10.8. The Bertz CT molecular complexity index is 1360. The molecule has 3 N–H and O–H groups in total. The zero-order valence-electron chi connectivity index (χ0n) is 22.5. The fraction of sp³-hybridized carbons (Fsp3) is 0.433. The lowest BCUT2D eigenvalue weighted by Gasteiger charge is -2.39. The first-order valence-electron chi connectivity index (χ1n) is 14.0. The number of anilines is 3. The molecule has 3 heterocycles. The average Bonchev–Trinajstić information content (AvgIpc) is 3.48. The van der Waals surface area contributed by atoms with Crippen LogP contribution in [0.5, 0.6) is 0 Å². The van der Waals surface area contributed by atoms with Gasteiger partial charge in [-0.25, -0.2) is 4.98 Å². The molecule has 0 radical (unpaired) electrons. The molecule has 39 heavy (non-hydrogen) atoms. The van der Waals surface area contributed by atoms with Gasteiger partial charge in [-0.05, 0) is 67.6 Å². The van der Waals surface area contributed by atoms with Crippen LogP contribution in [-0.2, 0) is 17.6 Å². The van der Waals surface area contributed by atoms with Crippen LogP contribution >= 0.6 is 11.3 Å². The molecule has 1 fully saturated rings. The summed E-state index contributed by atoms with van der Waals surface area (Å²) >= 11 is 1.67. The van der Waals surface area contributed by atoms with E-state index >= 15 is 0 Å². The van der Waals surface area contributed by atoms with Crippen molar-refractivity contribution >= 4 is 39.5 Å². The summed E-state index contributed by atoms with van der Waals surface area (Å²) in [7, 11) is 0. The molecule has 2 aromatic carbocycles. The molecule has 1 aromatic heterocycles. The van der Waals surface area contributed by atoms with Gasteiger partial charge in [-0.1, -0.05) is 25.1 Å². The molecular formula is C30H36N6O2S. The molecule has 9 heteroatoms. The Balaban J connectivity index is 1.02. The zero-order valence-corrected chi connectivity index (χ0v) is 23.3. The Morgan fingerprint density at radius 1 is 1.05 bits per heavy atom. The van der Waals surface area contributed by atoms with Crippen molar-refractivity contribution in [2.75, 3.05) is 61.8 Å². The minimum atomic E-state index is -0.552. The molecule has 0 spiro atoms. The van der Waals surface area contributed by atoms with Crippen molar-refractivity contribution in [2.24, 2.45) is 0 Å². The van der Waals surface area contributed by atoms with Gasteiger partial charge in [-0.3, -0.25) is 19.4 Å². The van der Waals surface area contributed by atoms with Crippen LogP contribution in [0.3, 0.4) is 0 Å². The number of nitrogen functional groups attached to an aromatic ring is 1. The number of rotatable bonds is 8. The first-order valence-corrected chi connectivity index (χ1v) is 14.9. The van der Waals surface area contributed by atoms with Crippen LogP contribution in [0.2, 0.25) is 0 Å². The predicted molar refractivity (Wildman–Crippen MR) is 158 cm³/mol. The number of nitrogens with two attached hydrogens (primary N) is 1. The van der Waals surface area contributed by atoms with Crippen LogP contribution < -0.4 is 16.0 Å². The molecule has 204 valence electrons. The van der Waals surface area contributed by atoms with Crippen molar-refractivity contribution in [1.29, 1.82) is 0 Å². The van der Waals surface area contributed by atoms with Crippen LogP contribution in [0.4, 0.5) is 16.5 Å². The number of thiazole rings is 1. The first kappa shape index (κ1) is 26.0. The first-order chi connectivity index (χ1) is 19.0. The lowest BCUT2D eigenvalue weighted by molar-refractivity contribution is -0.112. The highest BCUT2D eigenvalue weighted by atomic mass is 32.1. The number of hydrogen-bond acceptors (Lipinski definition) is 8. The fourth-order valence-corrected chi connectivity index (χ4v) is 7.09. The van der Waals surface area contributed by atoms with Crippen LogP contribution in [0.1, 0.15) is 40.7 Å². The third kappa shape index (κ3) is 5.44. The fourth-order valence-electron chi connectivity index (χ4n) is 6.14. The van der Waals surface area contributed by atoms with Gasteiger partial charge in [0.15, 0.2) is 5.13 Å². The highest BCUT2D eigenvalue weighted by Gasteiger charge is 2.29. The number of carbonyl (C=O) groups excluding carboxylic acids is 2. The third-order valence-corrected chi connectivity index (χ3v) is 9.27. The number of aryl methyl sites for hydroxylation is 1. The van der Waals surface area contributed by atoms with E-state index in [0.29, 0.717) is 22.4 Å². The molecule has 0 unspecified atom stereocenters. The van der Waals surface area contributed by atoms with Gasteiger partial charge in [0.1, 0.15) is 0 Å². The number of ketones is 1. The summed E-state index contributed by atoms with van der Waals surface area (Å²) in [6, 6.07) is 14.7. The number of benzene rings is 2. The standard InChI is InChI=1S/C30H36N6O2S/c1-2-11-35(23-8-10-26-27(19-23)39-30(31)33-26)15-12-34-13-16-36(17-14-34)22-6-3-20(4-7-22)21-5-9-25-24(18-21)28(37)29(38)32-25/h3-7,9,18,23H,2,8,10-17,19H2,1H3,(H2,31,33)(H,32,37,38)/t23-/m0/s1. The van der Waals surface area contributed by atoms with Crippen molar-refractivity contribution in [3.05, 3.63) is 58.6 Å². The zero-order chi connectivity index (χ0) is 26.9. The van der Waals surface area contributed by atoms with Crippen LogP contribution in [0, 0.1) is 0 Å². The normalized spacial score (nSPS) is 19.3. The number of Topliss-reactive ketones (excluding diaryl/α,β-unsaturated/α-hetero) is 1.